The van der Waals surface area contributed by atoms with Crippen molar-refractivity contribution < 1.29 is 29.2 Å². The lowest BCUT2D eigenvalue weighted by Crippen LogP contribution is -2.50. The van der Waals surface area contributed by atoms with Crippen LogP contribution in [0.2, 0.25) is 0 Å². The van der Waals surface area contributed by atoms with Gasteiger partial charge < -0.3 is 10.2 Å². The molecule has 0 spiro atoms. The lowest BCUT2D eigenvalue weighted by atomic mass is 9.91. The van der Waals surface area contributed by atoms with Crippen molar-refractivity contribution in [2.24, 2.45) is 11.8 Å². The minimum atomic E-state index is -0.787. The number of hydrogen-bond donors (Lipinski definition) is 3. The van der Waals surface area contributed by atoms with Crippen LogP contribution in [0.25, 0.3) is 0 Å². The van der Waals surface area contributed by atoms with Crippen molar-refractivity contribution in [3.05, 3.63) is 29.8 Å². The van der Waals surface area contributed by atoms with E-state index in [0.717, 1.165) is 25.7 Å². The zero-order valence-electron chi connectivity index (χ0n) is 19.4. The summed E-state index contributed by atoms with van der Waals surface area (Å²) in [7, 11) is 0. The van der Waals surface area contributed by atoms with E-state index in [9.17, 15) is 29.2 Å². The van der Waals surface area contributed by atoms with Crippen LogP contribution in [-0.2, 0) is 19.2 Å². The maximum atomic E-state index is 13.4. The molecular weight excluding hydrogens is 440 g/mol. The zero-order valence-corrected chi connectivity index (χ0v) is 19.4. The number of rotatable bonds is 9. The second kappa shape index (κ2) is 11.7. The number of anilines is 1. The standard InChI is InChI=1S/C24H32N4O6/c1-16(30)25-20-10-8-18(9-11-20)22(31)26-23(32)21-7-4-12-28(21)24(33)19(14-27(34)15-29)13-17-5-2-3-6-17/h8-11,15,17,19,21,34H,2-7,12-14H2,1H3,(H,25,30)(H,26,31,32)/t19-,21?/m1/s1. The molecule has 0 radical (unpaired) electrons. The van der Waals surface area contributed by atoms with Crippen molar-refractivity contribution in [3.8, 4) is 0 Å². The van der Waals surface area contributed by atoms with Crippen LogP contribution >= 0.6 is 0 Å². The van der Waals surface area contributed by atoms with Crippen molar-refractivity contribution >= 4 is 35.7 Å². The molecule has 2 fully saturated rings. The second-order valence-electron chi connectivity index (χ2n) is 9.08. The van der Waals surface area contributed by atoms with Crippen LogP contribution in [0.3, 0.4) is 0 Å². The first-order valence-corrected chi connectivity index (χ1v) is 11.7. The first-order chi connectivity index (χ1) is 16.3. The number of imide groups is 1. The molecule has 3 rings (SSSR count). The number of likely N-dealkylation sites (tertiary alicyclic amines) is 1. The summed E-state index contributed by atoms with van der Waals surface area (Å²) in [4.78, 5) is 62.4. The molecule has 1 aromatic rings. The van der Waals surface area contributed by atoms with Crippen LogP contribution in [0, 0.1) is 11.8 Å². The Labute approximate surface area is 198 Å². The van der Waals surface area contributed by atoms with E-state index in [-0.39, 0.29) is 30.3 Å². The van der Waals surface area contributed by atoms with Gasteiger partial charge in [0.25, 0.3) is 5.91 Å². The molecular formula is C24H32N4O6. The third-order valence-electron chi connectivity index (χ3n) is 6.51. The number of nitrogens with one attached hydrogen (secondary N) is 2. The Morgan fingerprint density at radius 2 is 1.79 bits per heavy atom. The fourth-order valence-corrected chi connectivity index (χ4v) is 4.88. The number of hydroxylamine groups is 2. The highest BCUT2D eigenvalue weighted by molar-refractivity contribution is 6.07. The average molecular weight is 473 g/mol. The predicted octanol–water partition coefficient (Wildman–Crippen LogP) is 1.94. The fourth-order valence-electron chi connectivity index (χ4n) is 4.88. The highest BCUT2D eigenvalue weighted by Crippen LogP contribution is 2.32. The number of benzene rings is 1. The monoisotopic (exact) mass is 472 g/mol. The number of carbonyl (C=O) groups is 5. The lowest BCUT2D eigenvalue weighted by molar-refractivity contribution is -0.158. The molecule has 1 saturated carbocycles. The average Bonchev–Trinajstić information content (AvgIpc) is 3.50. The second-order valence-corrected chi connectivity index (χ2v) is 9.08. The maximum Gasteiger partial charge on any atom is 0.257 e. The van der Waals surface area contributed by atoms with E-state index in [2.05, 4.69) is 10.6 Å². The molecule has 34 heavy (non-hydrogen) atoms. The summed E-state index contributed by atoms with van der Waals surface area (Å²) < 4.78 is 0. The molecule has 1 saturated heterocycles. The maximum absolute atomic E-state index is 13.4. The fraction of sp³-hybridized carbons (Fsp3) is 0.542. The third-order valence-corrected chi connectivity index (χ3v) is 6.51. The van der Waals surface area contributed by atoms with Crippen molar-refractivity contribution in [3.63, 3.8) is 0 Å². The molecule has 10 heteroatoms. The van der Waals surface area contributed by atoms with Gasteiger partial charge in [-0.25, -0.2) is 5.06 Å². The Hall–Kier alpha value is -3.27. The van der Waals surface area contributed by atoms with Crippen LogP contribution in [0.5, 0.6) is 0 Å². The molecule has 1 aliphatic heterocycles. The van der Waals surface area contributed by atoms with Gasteiger partial charge in [-0.3, -0.25) is 34.5 Å². The van der Waals surface area contributed by atoms with E-state index in [4.69, 9.17) is 0 Å². The summed E-state index contributed by atoms with van der Waals surface area (Å²) in [6.45, 7) is 1.64. The van der Waals surface area contributed by atoms with E-state index in [1.165, 1.54) is 24.0 Å². The third kappa shape index (κ3) is 6.63. The molecule has 2 atom stereocenters. The molecule has 184 valence electrons. The smallest absolute Gasteiger partial charge is 0.257 e. The van der Waals surface area contributed by atoms with Crippen molar-refractivity contribution in [1.82, 2.24) is 15.3 Å². The zero-order chi connectivity index (χ0) is 24.7. The molecule has 0 aromatic heterocycles. The van der Waals surface area contributed by atoms with Crippen molar-refractivity contribution in [2.45, 2.75) is 57.9 Å². The van der Waals surface area contributed by atoms with Crippen LogP contribution in [0.15, 0.2) is 24.3 Å². The Kier molecular flexibility index (Phi) is 8.75. The van der Waals surface area contributed by atoms with Crippen LogP contribution in [0.1, 0.15) is 62.2 Å². The molecule has 10 nitrogen and oxygen atoms in total. The van der Waals surface area contributed by atoms with E-state index < -0.39 is 23.8 Å². The molecule has 5 amide bonds. The largest absolute Gasteiger partial charge is 0.330 e. The summed E-state index contributed by atoms with van der Waals surface area (Å²) in [5, 5.41) is 15.2. The molecule has 1 aliphatic carbocycles. The Balaban J connectivity index is 1.65. The van der Waals surface area contributed by atoms with Crippen LogP contribution < -0.4 is 10.6 Å². The quantitative estimate of drug-likeness (QED) is 0.217. The van der Waals surface area contributed by atoms with E-state index in [0.29, 0.717) is 42.5 Å². The number of carbonyl (C=O) groups excluding carboxylic acids is 5. The molecule has 2 aliphatic rings. The molecule has 1 unspecified atom stereocenters. The highest BCUT2D eigenvalue weighted by Gasteiger charge is 2.39. The Bertz CT molecular complexity index is 913. The molecule has 0 bridgehead atoms. The summed E-state index contributed by atoms with van der Waals surface area (Å²) in [5.41, 5.74) is 0.781. The minimum absolute atomic E-state index is 0.122. The first kappa shape index (κ1) is 25.4. The summed E-state index contributed by atoms with van der Waals surface area (Å²) in [5.74, 6) is -1.92. The predicted molar refractivity (Wildman–Crippen MR) is 123 cm³/mol. The van der Waals surface area contributed by atoms with Gasteiger partial charge in [-0.1, -0.05) is 25.7 Å². The summed E-state index contributed by atoms with van der Waals surface area (Å²) >= 11 is 0. The van der Waals surface area contributed by atoms with Gasteiger partial charge in [0, 0.05) is 24.7 Å². The van der Waals surface area contributed by atoms with E-state index >= 15 is 0 Å². The van der Waals surface area contributed by atoms with Gasteiger partial charge in [0.1, 0.15) is 6.04 Å². The van der Waals surface area contributed by atoms with Crippen molar-refractivity contribution in [2.75, 3.05) is 18.4 Å². The highest BCUT2D eigenvalue weighted by atomic mass is 16.5. The Morgan fingerprint density at radius 1 is 1.12 bits per heavy atom. The SMILES string of the molecule is CC(=O)Nc1ccc(C(=O)NC(=O)C2CCCN2C(=O)[C@H](CC2CCCC2)CN(O)C=O)cc1. The van der Waals surface area contributed by atoms with Gasteiger partial charge in [0.15, 0.2) is 0 Å². The van der Waals surface area contributed by atoms with E-state index in [1.807, 2.05) is 0 Å². The van der Waals surface area contributed by atoms with Gasteiger partial charge in [-0.2, -0.15) is 0 Å². The van der Waals surface area contributed by atoms with Gasteiger partial charge >= 0.3 is 0 Å². The molecule has 1 heterocycles. The topological polar surface area (TPSA) is 136 Å². The summed E-state index contributed by atoms with van der Waals surface area (Å²) in [6.07, 6.45) is 6.10. The Morgan fingerprint density at radius 3 is 2.41 bits per heavy atom. The van der Waals surface area contributed by atoms with Crippen LogP contribution in [-0.4, -0.2) is 64.3 Å². The van der Waals surface area contributed by atoms with Crippen molar-refractivity contribution in [1.29, 1.82) is 0 Å². The van der Waals surface area contributed by atoms with Gasteiger partial charge in [-0.05, 0) is 49.4 Å². The van der Waals surface area contributed by atoms with Gasteiger partial charge in [-0.15, -0.1) is 0 Å². The van der Waals surface area contributed by atoms with Crippen LogP contribution in [0.4, 0.5) is 5.69 Å². The van der Waals surface area contributed by atoms with Gasteiger partial charge in [0.2, 0.25) is 24.1 Å². The lowest BCUT2D eigenvalue weighted by Gasteiger charge is -2.30. The molecule has 1 aromatic carbocycles. The number of nitrogens with zero attached hydrogens (tertiary/aromatic N) is 2. The van der Waals surface area contributed by atoms with E-state index in [1.54, 1.807) is 12.1 Å². The minimum Gasteiger partial charge on any atom is -0.330 e. The van der Waals surface area contributed by atoms with Gasteiger partial charge in [0.05, 0.1) is 12.5 Å². The first-order valence-electron chi connectivity index (χ1n) is 11.7. The number of amides is 5. The number of hydrogen-bond acceptors (Lipinski definition) is 6. The molecule has 3 N–H and O–H groups in total. The normalized spacial score (nSPS) is 18.9. The summed E-state index contributed by atoms with van der Waals surface area (Å²) in [6, 6.07) is 5.34.